The molecule has 3 rings (SSSR count). The number of amides is 1. The zero-order valence-corrected chi connectivity index (χ0v) is 15.4. The molecule has 26 heavy (non-hydrogen) atoms. The highest BCUT2D eigenvalue weighted by atomic mass is 19.1. The molecule has 0 fully saturated rings. The molecule has 1 aliphatic carbocycles. The highest BCUT2D eigenvalue weighted by Crippen LogP contribution is 2.32. The van der Waals surface area contributed by atoms with Crippen LogP contribution < -0.4 is 5.32 Å². The van der Waals surface area contributed by atoms with Crippen molar-refractivity contribution in [2.75, 3.05) is 0 Å². The second-order valence-corrected chi connectivity index (χ2v) is 7.79. The first kappa shape index (κ1) is 18.3. The maximum atomic E-state index is 14.3. The molecule has 0 saturated heterocycles. The van der Waals surface area contributed by atoms with Gasteiger partial charge in [0.2, 0.25) is 0 Å². The zero-order chi connectivity index (χ0) is 19.1. The van der Waals surface area contributed by atoms with Gasteiger partial charge in [0.15, 0.2) is 0 Å². The molecule has 1 aromatic carbocycles. The minimum absolute atomic E-state index is 0.206. The Morgan fingerprint density at radius 1 is 1.42 bits per heavy atom. The summed E-state index contributed by atoms with van der Waals surface area (Å²) in [6.45, 7) is 7.51. The van der Waals surface area contributed by atoms with Crippen molar-refractivity contribution < 1.29 is 18.7 Å². The third-order valence-corrected chi connectivity index (χ3v) is 4.21. The van der Waals surface area contributed by atoms with Crippen LogP contribution in [0.15, 0.2) is 6.07 Å². The van der Waals surface area contributed by atoms with Crippen molar-refractivity contribution in [3.8, 4) is 0 Å². The van der Waals surface area contributed by atoms with Gasteiger partial charge in [-0.15, -0.1) is 0 Å². The van der Waals surface area contributed by atoms with Gasteiger partial charge < -0.3 is 14.8 Å². The molecule has 1 heterocycles. The molecule has 1 amide bonds. The van der Waals surface area contributed by atoms with E-state index in [1.165, 1.54) is 10.9 Å². The molecule has 2 atom stereocenters. The lowest BCUT2D eigenvalue weighted by atomic mass is 10.1. The first-order valence-corrected chi connectivity index (χ1v) is 8.66. The molecular formula is C18H23FN4O3. The summed E-state index contributed by atoms with van der Waals surface area (Å²) < 4.78 is 19.5. The maximum Gasteiger partial charge on any atom is 0.407 e. The topological polar surface area (TPSA) is 86.1 Å². The van der Waals surface area contributed by atoms with Crippen LogP contribution in [0.4, 0.5) is 9.18 Å². The number of alkyl carbamates (subject to hydrolysis) is 1. The largest absolute Gasteiger partial charge is 0.444 e. The number of carbonyl (C=O) groups excluding carboxylic acids is 2. The van der Waals surface area contributed by atoms with Crippen LogP contribution in [-0.2, 0) is 28.9 Å². The molecule has 2 aromatic rings. The number of aromatic nitrogens is 3. The van der Waals surface area contributed by atoms with Crippen LogP contribution in [0.1, 0.15) is 38.8 Å². The fourth-order valence-electron chi connectivity index (χ4n) is 3.18. The van der Waals surface area contributed by atoms with E-state index in [1.807, 2.05) is 6.92 Å². The molecule has 1 N–H and O–H groups in total. The van der Waals surface area contributed by atoms with Gasteiger partial charge in [-0.2, -0.15) is 15.0 Å². The quantitative estimate of drug-likeness (QED) is 0.844. The van der Waals surface area contributed by atoms with E-state index in [0.29, 0.717) is 36.0 Å². The average Bonchev–Trinajstić information content (AvgIpc) is 3.08. The van der Waals surface area contributed by atoms with E-state index >= 15 is 0 Å². The highest BCUT2D eigenvalue weighted by Gasteiger charge is 2.28. The summed E-state index contributed by atoms with van der Waals surface area (Å²) in [5.41, 5.74) is 1.82. The number of rotatable bonds is 4. The van der Waals surface area contributed by atoms with Gasteiger partial charge in [0.1, 0.15) is 28.7 Å². The average molecular weight is 362 g/mol. The van der Waals surface area contributed by atoms with Crippen molar-refractivity contribution in [1.82, 2.24) is 20.3 Å². The molecule has 1 unspecified atom stereocenters. The number of hydrogen-bond acceptors (Lipinski definition) is 5. The Labute approximate surface area is 150 Å². The fourth-order valence-corrected chi connectivity index (χ4v) is 3.18. The monoisotopic (exact) mass is 362 g/mol. The zero-order valence-electron chi connectivity index (χ0n) is 15.4. The van der Waals surface area contributed by atoms with E-state index in [4.69, 9.17) is 4.74 Å². The van der Waals surface area contributed by atoms with E-state index in [-0.39, 0.29) is 17.8 Å². The number of nitrogens with zero attached hydrogens (tertiary/aromatic N) is 3. The van der Waals surface area contributed by atoms with Crippen LogP contribution in [0.25, 0.3) is 11.0 Å². The molecule has 0 saturated carbocycles. The summed E-state index contributed by atoms with van der Waals surface area (Å²) >= 11 is 0. The van der Waals surface area contributed by atoms with Crippen LogP contribution in [0.2, 0.25) is 0 Å². The second kappa shape index (κ2) is 6.66. The summed E-state index contributed by atoms with van der Waals surface area (Å²) in [5.74, 6) is -0.549. The Balaban J connectivity index is 1.76. The number of carbonyl (C=O) groups is 2. The number of benzene rings is 1. The van der Waals surface area contributed by atoms with Gasteiger partial charge in [0, 0.05) is 12.0 Å². The van der Waals surface area contributed by atoms with Gasteiger partial charge in [-0.3, -0.25) is 0 Å². The van der Waals surface area contributed by atoms with Crippen molar-refractivity contribution in [2.24, 2.45) is 5.92 Å². The van der Waals surface area contributed by atoms with Gasteiger partial charge in [-0.25, -0.2) is 9.18 Å². The minimum Gasteiger partial charge on any atom is -0.444 e. The van der Waals surface area contributed by atoms with Gasteiger partial charge in [-0.1, -0.05) is 0 Å². The van der Waals surface area contributed by atoms with Crippen molar-refractivity contribution in [3.05, 3.63) is 23.0 Å². The van der Waals surface area contributed by atoms with E-state index in [0.717, 1.165) is 11.8 Å². The van der Waals surface area contributed by atoms with Gasteiger partial charge in [0.25, 0.3) is 0 Å². The molecule has 0 bridgehead atoms. The molecular weight excluding hydrogens is 339 g/mol. The summed E-state index contributed by atoms with van der Waals surface area (Å²) in [6, 6.07) is 1.09. The van der Waals surface area contributed by atoms with Gasteiger partial charge >= 0.3 is 6.09 Å². The summed E-state index contributed by atoms with van der Waals surface area (Å²) in [5, 5.41) is 11.5. The Morgan fingerprint density at radius 2 is 2.12 bits per heavy atom. The molecule has 8 heteroatoms. The van der Waals surface area contributed by atoms with Gasteiger partial charge in [0.05, 0.1) is 12.6 Å². The van der Waals surface area contributed by atoms with Crippen molar-refractivity contribution in [2.45, 2.75) is 58.7 Å². The maximum absolute atomic E-state index is 14.3. The van der Waals surface area contributed by atoms with Gasteiger partial charge in [-0.05, 0) is 51.7 Å². The molecule has 0 radical (unpaired) electrons. The first-order valence-electron chi connectivity index (χ1n) is 8.66. The predicted octanol–water partition coefficient (Wildman–Crippen LogP) is 2.40. The molecule has 0 spiro atoms. The van der Waals surface area contributed by atoms with Crippen molar-refractivity contribution in [1.29, 1.82) is 0 Å². The SMILES string of the molecule is C[C@@H](Cn1nc2cc(F)c3c(c2n1)CC(C=O)C3)NC(=O)OC(C)(C)C. The lowest BCUT2D eigenvalue weighted by Gasteiger charge is -2.21. The smallest absolute Gasteiger partial charge is 0.407 e. The molecule has 1 aromatic heterocycles. The van der Waals surface area contributed by atoms with Crippen LogP contribution in [0.3, 0.4) is 0 Å². The lowest BCUT2D eigenvalue weighted by Crippen LogP contribution is -2.39. The van der Waals surface area contributed by atoms with Crippen molar-refractivity contribution >= 4 is 23.4 Å². The van der Waals surface area contributed by atoms with Crippen LogP contribution in [-0.4, -0.2) is 39.0 Å². The summed E-state index contributed by atoms with van der Waals surface area (Å²) in [6.07, 6.45) is 1.24. The van der Waals surface area contributed by atoms with Crippen LogP contribution >= 0.6 is 0 Å². The standard InChI is InChI=1S/C18H23FN4O3/c1-10(20-17(25)26-18(2,3)4)8-23-21-15-7-14(19)12-5-11(9-24)6-13(12)16(15)22-23/h7,9-11H,5-6,8H2,1-4H3,(H,20,25)/t10-,11?/m0/s1. The third-order valence-electron chi connectivity index (χ3n) is 4.21. The Morgan fingerprint density at radius 3 is 2.77 bits per heavy atom. The first-order chi connectivity index (χ1) is 12.2. The third kappa shape index (κ3) is 3.84. The van der Waals surface area contributed by atoms with E-state index in [9.17, 15) is 14.0 Å². The Bertz CT molecular complexity index is 856. The van der Waals surface area contributed by atoms with E-state index in [2.05, 4.69) is 15.5 Å². The number of ether oxygens (including phenoxy) is 1. The number of fused-ring (bicyclic) bond motifs is 3. The predicted molar refractivity (Wildman–Crippen MR) is 93.3 cm³/mol. The summed E-state index contributed by atoms with van der Waals surface area (Å²) in [4.78, 5) is 24.3. The number of hydrogen-bond donors (Lipinski definition) is 1. The molecule has 0 aliphatic heterocycles. The van der Waals surface area contributed by atoms with Crippen LogP contribution in [0.5, 0.6) is 0 Å². The van der Waals surface area contributed by atoms with E-state index < -0.39 is 11.7 Å². The normalized spacial score (nSPS) is 17.8. The minimum atomic E-state index is -0.574. The lowest BCUT2D eigenvalue weighted by molar-refractivity contribution is -0.110. The Kier molecular flexibility index (Phi) is 4.68. The summed E-state index contributed by atoms with van der Waals surface area (Å²) in [7, 11) is 0. The molecule has 140 valence electrons. The molecule has 7 nitrogen and oxygen atoms in total. The molecule has 1 aliphatic rings. The van der Waals surface area contributed by atoms with Crippen LogP contribution in [0, 0.1) is 11.7 Å². The highest BCUT2D eigenvalue weighted by molar-refractivity contribution is 5.81. The second-order valence-electron chi connectivity index (χ2n) is 7.79. The number of nitrogens with one attached hydrogen (secondary N) is 1. The number of halogens is 1. The fraction of sp³-hybridized carbons (Fsp3) is 0.556. The van der Waals surface area contributed by atoms with E-state index in [1.54, 1.807) is 20.8 Å². The Hall–Kier alpha value is -2.51. The van der Waals surface area contributed by atoms with Crippen molar-refractivity contribution in [3.63, 3.8) is 0 Å². The number of aldehydes is 1.